The smallest absolute Gasteiger partial charge is 0.339 e. The van der Waals surface area contributed by atoms with Crippen LogP contribution in [0.2, 0.25) is 0 Å². The first-order valence-electron chi connectivity index (χ1n) is 9.17. The first-order valence-corrected chi connectivity index (χ1v) is 9.17. The molecule has 0 saturated heterocycles. The number of phenolic OH excluding ortho intramolecular Hbond substituents is 1. The molecule has 4 heteroatoms. The zero-order valence-electron chi connectivity index (χ0n) is 14.7. The van der Waals surface area contributed by atoms with Crippen molar-refractivity contribution in [3.63, 3.8) is 0 Å². The van der Waals surface area contributed by atoms with Crippen LogP contribution in [0.5, 0.6) is 5.75 Å². The standard InChI is InChI=1S/C20H27NO3/c1-3-11-21(12-4-2)13-17-18(22)10-9-15-14-7-5-6-8-16(14)20(23)24-19(15)17/h9-10,22H,3-8,11-13H2,1-2H3. The van der Waals surface area contributed by atoms with Crippen molar-refractivity contribution in [2.45, 2.75) is 58.9 Å². The molecule has 1 aliphatic rings. The van der Waals surface area contributed by atoms with Gasteiger partial charge in [-0.3, -0.25) is 4.90 Å². The molecule has 24 heavy (non-hydrogen) atoms. The number of hydrogen-bond acceptors (Lipinski definition) is 4. The van der Waals surface area contributed by atoms with Crippen LogP contribution in [0.4, 0.5) is 0 Å². The zero-order valence-corrected chi connectivity index (χ0v) is 14.7. The van der Waals surface area contributed by atoms with E-state index in [0.717, 1.165) is 73.7 Å². The first kappa shape index (κ1) is 17.0. The molecule has 0 unspecified atom stereocenters. The van der Waals surface area contributed by atoms with Crippen molar-refractivity contribution in [1.82, 2.24) is 4.90 Å². The van der Waals surface area contributed by atoms with E-state index in [2.05, 4.69) is 18.7 Å². The minimum Gasteiger partial charge on any atom is -0.507 e. The second-order valence-corrected chi connectivity index (χ2v) is 6.77. The molecular weight excluding hydrogens is 302 g/mol. The van der Waals surface area contributed by atoms with E-state index in [1.165, 1.54) is 0 Å². The minimum absolute atomic E-state index is 0.221. The maximum Gasteiger partial charge on any atom is 0.339 e. The molecule has 0 fully saturated rings. The molecular formula is C20H27NO3. The Labute approximate surface area is 143 Å². The van der Waals surface area contributed by atoms with Gasteiger partial charge in [-0.15, -0.1) is 0 Å². The Morgan fingerprint density at radius 1 is 1.08 bits per heavy atom. The monoisotopic (exact) mass is 329 g/mol. The van der Waals surface area contributed by atoms with Gasteiger partial charge >= 0.3 is 5.63 Å². The van der Waals surface area contributed by atoms with Gasteiger partial charge in [-0.2, -0.15) is 0 Å². The first-order chi connectivity index (χ1) is 11.7. The molecule has 0 atom stereocenters. The van der Waals surface area contributed by atoms with Gasteiger partial charge in [-0.25, -0.2) is 4.79 Å². The second-order valence-electron chi connectivity index (χ2n) is 6.77. The fraction of sp³-hybridized carbons (Fsp3) is 0.550. The van der Waals surface area contributed by atoms with Crippen molar-refractivity contribution in [2.24, 2.45) is 0 Å². The molecule has 0 bridgehead atoms. The molecule has 2 aromatic rings. The maximum absolute atomic E-state index is 12.4. The van der Waals surface area contributed by atoms with Crippen molar-refractivity contribution in [3.8, 4) is 5.75 Å². The Bertz CT molecular complexity index is 773. The predicted octanol–water partition coefficient (Wildman–Crippen LogP) is 4.00. The van der Waals surface area contributed by atoms with Gasteiger partial charge in [-0.1, -0.05) is 13.8 Å². The highest BCUT2D eigenvalue weighted by Crippen LogP contribution is 2.33. The molecule has 1 heterocycles. The van der Waals surface area contributed by atoms with Gasteiger partial charge in [0.2, 0.25) is 0 Å². The summed E-state index contributed by atoms with van der Waals surface area (Å²) in [6.45, 7) is 6.87. The number of hydrogen-bond donors (Lipinski definition) is 1. The van der Waals surface area contributed by atoms with E-state index >= 15 is 0 Å². The van der Waals surface area contributed by atoms with Gasteiger partial charge in [-0.05, 0) is 69.3 Å². The van der Waals surface area contributed by atoms with Crippen LogP contribution in [0, 0.1) is 0 Å². The molecule has 1 aliphatic carbocycles. The van der Waals surface area contributed by atoms with Gasteiger partial charge in [0.1, 0.15) is 11.3 Å². The van der Waals surface area contributed by atoms with Crippen LogP contribution in [0.25, 0.3) is 11.0 Å². The molecule has 1 aromatic heterocycles. The third-order valence-electron chi connectivity index (χ3n) is 4.93. The van der Waals surface area contributed by atoms with Crippen LogP contribution in [-0.2, 0) is 19.4 Å². The van der Waals surface area contributed by atoms with E-state index in [4.69, 9.17) is 4.42 Å². The SMILES string of the molecule is CCCN(CCC)Cc1c(O)ccc2c3c(c(=O)oc12)CCCC3. The fourth-order valence-corrected chi connectivity index (χ4v) is 3.83. The summed E-state index contributed by atoms with van der Waals surface area (Å²) >= 11 is 0. The lowest BCUT2D eigenvalue weighted by atomic mass is 9.90. The molecule has 130 valence electrons. The second kappa shape index (κ2) is 7.39. The Morgan fingerprint density at radius 2 is 1.75 bits per heavy atom. The molecule has 1 aromatic carbocycles. The van der Waals surface area contributed by atoms with Gasteiger partial charge in [0, 0.05) is 17.5 Å². The summed E-state index contributed by atoms with van der Waals surface area (Å²) in [6.07, 6.45) is 6.02. The van der Waals surface area contributed by atoms with E-state index in [1.54, 1.807) is 6.07 Å². The lowest BCUT2D eigenvalue weighted by molar-refractivity contribution is 0.262. The van der Waals surface area contributed by atoms with Gasteiger partial charge in [0.15, 0.2) is 0 Å². The predicted molar refractivity (Wildman–Crippen MR) is 96.6 cm³/mol. The molecule has 0 aliphatic heterocycles. The number of fused-ring (bicyclic) bond motifs is 3. The molecule has 0 amide bonds. The summed E-state index contributed by atoms with van der Waals surface area (Å²) in [6, 6.07) is 3.66. The molecule has 4 nitrogen and oxygen atoms in total. The van der Waals surface area contributed by atoms with Crippen molar-refractivity contribution in [3.05, 3.63) is 39.2 Å². The van der Waals surface area contributed by atoms with Gasteiger partial charge in [0.05, 0.1) is 5.56 Å². The van der Waals surface area contributed by atoms with Crippen molar-refractivity contribution < 1.29 is 9.52 Å². The van der Waals surface area contributed by atoms with Crippen LogP contribution in [0.1, 0.15) is 56.2 Å². The fourth-order valence-electron chi connectivity index (χ4n) is 3.83. The Morgan fingerprint density at radius 3 is 2.42 bits per heavy atom. The summed E-state index contributed by atoms with van der Waals surface area (Å²) in [5.41, 5.74) is 3.08. The van der Waals surface area contributed by atoms with Crippen LogP contribution in [0.15, 0.2) is 21.3 Å². The van der Waals surface area contributed by atoms with E-state index in [-0.39, 0.29) is 11.4 Å². The number of phenols is 1. The van der Waals surface area contributed by atoms with Crippen molar-refractivity contribution >= 4 is 11.0 Å². The minimum atomic E-state index is -0.221. The number of aryl methyl sites for hydroxylation is 1. The summed E-state index contributed by atoms with van der Waals surface area (Å²) in [5.74, 6) is 0.221. The third-order valence-corrected chi connectivity index (χ3v) is 4.93. The van der Waals surface area contributed by atoms with Crippen LogP contribution < -0.4 is 5.63 Å². The van der Waals surface area contributed by atoms with E-state index < -0.39 is 0 Å². The topological polar surface area (TPSA) is 53.7 Å². The highest BCUT2D eigenvalue weighted by atomic mass is 16.4. The highest BCUT2D eigenvalue weighted by molar-refractivity contribution is 5.86. The number of aromatic hydroxyl groups is 1. The third kappa shape index (κ3) is 3.20. The number of benzene rings is 1. The zero-order chi connectivity index (χ0) is 17.1. The Balaban J connectivity index is 2.11. The van der Waals surface area contributed by atoms with Crippen molar-refractivity contribution in [1.29, 1.82) is 0 Å². The van der Waals surface area contributed by atoms with Crippen LogP contribution in [-0.4, -0.2) is 23.1 Å². The largest absolute Gasteiger partial charge is 0.507 e. The lowest BCUT2D eigenvalue weighted by Gasteiger charge is -2.23. The average molecular weight is 329 g/mol. The van der Waals surface area contributed by atoms with E-state index in [0.29, 0.717) is 12.1 Å². The average Bonchev–Trinajstić information content (AvgIpc) is 2.58. The Kier molecular flexibility index (Phi) is 5.24. The summed E-state index contributed by atoms with van der Waals surface area (Å²) in [5, 5.41) is 11.4. The van der Waals surface area contributed by atoms with Gasteiger partial charge < -0.3 is 9.52 Å². The lowest BCUT2D eigenvalue weighted by Crippen LogP contribution is -2.25. The molecule has 1 N–H and O–H groups in total. The maximum atomic E-state index is 12.4. The number of nitrogens with zero attached hydrogens (tertiary/aromatic N) is 1. The van der Waals surface area contributed by atoms with Crippen molar-refractivity contribution in [2.75, 3.05) is 13.1 Å². The quantitative estimate of drug-likeness (QED) is 0.814. The molecule has 0 saturated carbocycles. The summed E-state index contributed by atoms with van der Waals surface area (Å²) in [4.78, 5) is 14.7. The molecule has 3 rings (SSSR count). The normalized spacial score (nSPS) is 14.3. The summed E-state index contributed by atoms with van der Waals surface area (Å²) in [7, 11) is 0. The van der Waals surface area contributed by atoms with E-state index in [9.17, 15) is 9.90 Å². The van der Waals surface area contributed by atoms with Crippen LogP contribution in [0.3, 0.4) is 0 Å². The number of rotatable bonds is 6. The molecule has 0 spiro atoms. The highest BCUT2D eigenvalue weighted by Gasteiger charge is 2.21. The van der Waals surface area contributed by atoms with Crippen LogP contribution >= 0.6 is 0 Å². The van der Waals surface area contributed by atoms with E-state index in [1.807, 2.05) is 6.07 Å². The summed E-state index contributed by atoms with van der Waals surface area (Å²) < 4.78 is 5.69. The van der Waals surface area contributed by atoms with Gasteiger partial charge in [0.25, 0.3) is 0 Å². The molecule has 0 radical (unpaired) electrons. The Hall–Kier alpha value is -1.81.